The fourth-order valence-corrected chi connectivity index (χ4v) is 2.22. The van der Waals surface area contributed by atoms with Crippen molar-refractivity contribution in [2.75, 3.05) is 6.54 Å². The molecule has 2 heterocycles. The third kappa shape index (κ3) is 2.11. The Balaban J connectivity index is 2.24. The van der Waals surface area contributed by atoms with Crippen LogP contribution in [0.15, 0.2) is 42.6 Å². The lowest BCUT2D eigenvalue weighted by atomic mass is 10.2. The monoisotopic (exact) mass is 252 g/mol. The Hall–Kier alpha value is -2.20. The number of benzene rings is 1. The number of nitrogens with two attached hydrogens (primary N) is 1. The van der Waals surface area contributed by atoms with Gasteiger partial charge in [0.25, 0.3) is 0 Å². The number of pyridine rings is 1. The maximum Gasteiger partial charge on any atom is 0.164 e. The molecule has 0 radical (unpaired) electrons. The van der Waals surface area contributed by atoms with Gasteiger partial charge < -0.3 is 5.73 Å². The normalized spacial score (nSPS) is 11.1. The van der Waals surface area contributed by atoms with Crippen LogP contribution in [0.2, 0.25) is 0 Å². The predicted octanol–water partition coefficient (Wildman–Crippen LogP) is 2.23. The molecule has 0 fully saturated rings. The van der Waals surface area contributed by atoms with Gasteiger partial charge in [-0.1, -0.05) is 17.7 Å². The Labute approximate surface area is 111 Å². The maximum atomic E-state index is 5.68. The van der Waals surface area contributed by atoms with E-state index < -0.39 is 0 Å². The highest BCUT2D eigenvalue weighted by molar-refractivity contribution is 5.73. The number of hydrogen-bond donors (Lipinski definition) is 1. The van der Waals surface area contributed by atoms with E-state index in [4.69, 9.17) is 5.73 Å². The van der Waals surface area contributed by atoms with Crippen LogP contribution in [0.3, 0.4) is 0 Å². The van der Waals surface area contributed by atoms with Crippen molar-refractivity contribution in [1.82, 2.24) is 14.5 Å². The number of hydrogen-bond acceptors (Lipinski definition) is 3. The quantitative estimate of drug-likeness (QED) is 0.777. The fourth-order valence-electron chi connectivity index (χ4n) is 2.22. The summed E-state index contributed by atoms with van der Waals surface area (Å²) in [6.45, 7) is 2.66. The van der Waals surface area contributed by atoms with E-state index in [0.29, 0.717) is 6.54 Å². The summed E-state index contributed by atoms with van der Waals surface area (Å²) in [5.74, 6) is 0.958. The zero-order valence-electron chi connectivity index (χ0n) is 10.9. The van der Waals surface area contributed by atoms with Crippen LogP contribution in [0.5, 0.6) is 0 Å². The predicted molar refractivity (Wildman–Crippen MR) is 76.4 cm³/mol. The summed E-state index contributed by atoms with van der Waals surface area (Å²) in [5.41, 5.74) is 9.79. The molecule has 0 bridgehead atoms. The Morgan fingerprint density at radius 3 is 2.68 bits per heavy atom. The molecule has 0 spiro atoms. The molecule has 0 saturated heterocycles. The van der Waals surface area contributed by atoms with E-state index in [1.807, 2.05) is 12.1 Å². The number of aryl methyl sites for hydroxylation is 1. The van der Waals surface area contributed by atoms with Gasteiger partial charge >= 0.3 is 0 Å². The molecule has 2 aromatic heterocycles. The van der Waals surface area contributed by atoms with Crippen LogP contribution in [0.1, 0.15) is 11.4 Å². The minimum atomic E-state index is 0.579. The number of rotatable bonds is 3. The Kier molecular flexibility index (Phi) is 3.01. The number of fused-ring (bicyclic) bond motifs is 1. The van der Waals surface area contributed by atoms with Crippen molar-refractivity contribution in [2.24, 2.45) is 5.73 Å². The standard InChI is InChI=1S/C15H16N4/c1-11-4-6-12(7-5-11)19-14(8-9-16)18-13-3-2-10-17-15(13)19/h2-7,10H,8-9,16H2,1H3. The van der Waals surface area contributed by atoms with E-state index in [-0.39, 0.29) is 0 Å². The second kappa shape index (κ2) is 4.82. The number of nitrogens with zero attached hydrogens (tertiary/aromatic N) is 3. The van der Waals surface area contributed by atoms with Crippen molar-refractivity contribution in [3.8, 4) is 5.69 Å². The maximum absolute atomic E-state index is 5.68. The third-order valence-corrected chi connectivity index (χ3v) is 3.15. The van der Waals surface area contributed by atoms with Gasteiger partial charge in [0.05, 0.1) is 0 Å². The van der Waals surface area contributed by atoms with E-state index in [1.165, 1.54) is 5.56 Å². The molecule has 0 saturated carbocycles. The van der Waals surface area contributed by atoms with Crippen LogP contribution in [0.4, 0.5) is 0 Å². The SMILES string of the molecule is Cc1ccc(-n2c(CCN)nc3cccnc32)cc1. The molecule has 0 aliphatic rings. The van der Waals surface area contributed by atoms with Crippen molar-refractivity contribution >= 4 is 11.2 Å². The first-order valence-electron chi connectivity index (χ1n) is 6.39. The van der Waals surface area contributed by atoms with Crippen molar-refractivity contribution in [1.29, 1.82) is 0 Å². The van der Waals surface area contributed by atoms with Gasteiger partial charge in [0.1, 0.15) is 11.3 Å². The molecule has 0 unspecified atom stereocenters. The minimum absolute atomic E-state index is 0.579. The topological polar surface area (TPSA) is 56.7 Å². The molecule has 19 heavy (non-hydrogen) atoms. The summed E-state index contributed by atoms with van der Waals surface area (Å²) >= 11 is 0. The van der Waals surface area contributed by atoms with Crippen LogP contribution in [-0.4, -0.2) is 21.1 Å². The molecule has 4 heteroatoms. The average molecular weight is 252 g/mol. The second-order valence-corrected chi connectivity index (χ2v) is 4.58. The molecule has 1 aromatic carbocycles. The molecule has 0 atom stereocenters. The van der Waals surface area contributed by atoms with Gasteiger partial charge in [-0.15, -0.1) is 0 Å². The largest absolute Gasteiger partial charge is 0.330 e. The van der Waals surface area contributed by atoms with Crippen LogP contribution in [0, 0.1) is 6.92 Å². The van der Waals surface area contributed by atoms with E-state index in [9.17, 15) is 0 Å². The van der Waals surface area contributed by atoms with E-state index in [1.54, 1.807) is 6.20 Å². The van der Waals surface area contributed by atoms with Crippen molar-refractivity contribution in [2.45, 2.75) is 13.3 Å². The number of imidazole rings is 1. The lowest BCUT2D eigenvalue weighted by molar-refractivity contribution is 0.844. The molecule has 3 rings (SSSR count). The average Bonchev–Trinajstić information content (AvgIpc) is 2.78. The van der Waals surface area contributed by atoms with Gasteiger partial charge in [-0.2, -0.15) is 0 Å². The first-order valence-corrected chi connectivity index (χ1v) is 6.39. The Morgan fingerprint density at radius 1 is 1.16 bits per heavy atom. The molecule has 4 nitrogen and oxygen atoms in total. The highest BCUT2D eigenvalue weighted by Crippen LogP contribution is 2.20. The molecule has 0 aliphatic carbocycles. The molecule has 2 N–H and O–H groups in total. The summed E-state index contributed by atoms with van der Waals surface area (Å²) in [4.78, 5) is 9.06. The molecular weight excluding hydrogens is 236 g/mol. The van der Waals surface area contributed by atoms with Crippen LogP contribution >= 0.6 is 0 Å². The minimum Gasteiger partial charge on any atom is -0.330 e. The molecular formula is C15H16N4. The van der Waals surface area contributed by atoms with Gasteiger partial charge in [-0.25, -0.2) is 9.97 Å². The summed E-state index contributed by atoms with van der Waals surface area (Å²) in [6.07, 6.45) is 2.53. The van der Waals surface area contributed by atoms with Gasteiger partial charge in [0, 0.05) is 18.3 Å². The lowest BCUT2D eigenvalue weighted by Crippen LogP contribution is -2.09. The Bertz CT molecular complexity index is 698. The summed E-state index contributed by atoms with van der Waals surface area (Å²) in [5, 5.41) is 0. The van der Waals surface area contributed by atoms with Crippen molar-refractivity contribution < 1.29 is 0 Å². The highest BCUT2D eigenvalue weighted by atomic mass is 15.1. The molecule has 0 amide bonds. The smallest absolute Gasteiger partial charge is 0.164 e. The Morgan fingerprint density at radius 2 is 1.95 bits per heavy atom. The van der Waals surface area contributed by atoms with Crippen molar-refractivity contribution in [3.63, 3.8) is 0 Å². The summed E-state index contributed by atoms with van der Waals surface area (Å²) in [6, 6.07) is 12.2. The van der Waals surface area contributed by atoms with Gasteiger partial charge in [0.2, 0.25) is 0 Å². The van der Waals surface area contributed by atoms with Crippen molar-refractivity contribution in [3.05, 3.63) is 54.0 Å². The van der Waals surface area contributed by atoms with Gasteiger partial charge in [0.15, 0.2) is 5.65 Å². The summed E-state index contributed by atoms with van der Waals surface area (Å²) in [7, 11) is 0. The lowest BCUT2D eigenvalue weighted by Gasteiger charge is -2.08. The highest BCUT2D eigenvalue weighted by Gasteiger charge is 2.12. The molecule has 96 valence electrons. The van der Waals surface area contributed by atoms with Crippen LogP contribution in [-0.2, 0) is 6.42 Å². The van der Waals surface area contributed by atoms with Gasteiger partial charge in [-0.05, 0) is 37.7 Å². The van der Waals surface area contributed by atoms with Crippen LogP contribution in [0.25, 0.3) is 16.9 Å². The second-order valence-electron chi connectivity index (χ2n) is 4.58. The van der Waals surface area contributed by atoms with E-state index in [0.717, 1.165) is 29.1 Å². The zero-order chi connectivity index (χ0) is 13.2. The fraction of sp³-hybridized carbons (Fsp3) is 0.200. The summed E-state index contributed by atoms with van der Waals surface area (Å²) < 4.78 is 2.08. The number of aromatic nitrogens is 3. The molecule has 3 aromatic rings. The van der Waals surface area contributed by atoms with E-state index >= 15 is 0 Å². The first kappa shape index (κ1) is 11.9. The van der Waals surface area contributed by atoms with Crippen LogP contribution < -0.4 is 5.73 Å². The van der Waals surface area contributed by atoms with Gasteiger partial charge in [-0.3, -0.25) is 4.57 Å². The zero-order valence-corrected chi connectivity index (χ0v) is 10.9. The molecule has 0 aliphatic heterocycles. The first-order chi connectivity index (χ1) is 9.29. The van der Waals surface area contributed by atoms with E-state index in [2.05, 4.69) is 45.7 Å². The third-order valence-electron chi connectivity index (χ3n) is 3.15.